The summed E-state index contributed by atoms with van der Waals surface area (Å²) < 4.78 is 24.4. The smallest absolute Gasteiger partial charge is 0.253 e. The van der Waals surface area contributed by atoms with Gasteiger partial charge < -0.3 is 4.98 Å². The van der Waals surface area contributed by atoms with Crippen molar-refractivity contribution in [1.29, 1.82) is 0 Å². The second-order valence-corrected chi connectivity index (χ2v) is 7.21. The summed E-state index contributed by atoms with van der Waals surface area (Å²) in [6.45, 7) is 0. The summed E-state index contributed by atoms with van der Waals surface area (Å²) in [5.74, 6) is -0.447. The lowest BCUT2D eigenvalue weighted by Gasteiger charge is -2.05. The zero-order valence-corrected chi connectivity index (χ0v) is 12.9. The maximum absolute atomic E-state index is 12.2. The molecule has 0 saturated carbocycles. The average Bonchev–Trinajstić information content (AvgIpc) is 2.36. The van der Waals surface area contributed by atoms with Gasteiger partial charge in [0.25, 0.3) is 5.56 Å². The van der Waals surface area contributed by atoms with Crippen molar-refractivity contribution in [2.45, 2.75) is 10.6 Å². The monoisotopic (exact) mass is 351 g/mol. The van der Waals surface area contributed by atoms with Crippen LogP contribution in [0.1, 0.15) is 5.56 Å². The normalized spacial score (nSPS) is 11.6. The lowest BCUT2D eigenvalue weighted by Crippen LogP contribution is -2.16. The Hall–Kier alpha value is -1.01. The summed E-state index contributed by atoms with van der Waals surface area (Å²) in [6, 6.07) is 6.78. The zero-order valence-electron chi connectivity index (χ0n) is 9.86. The first-order valence-electron chi connectivity index (χ1n) is 5.35. The van der Waals surface area contributed by atoms with Crippen LogP contribution >= 0.6 is 34.8 Å². The van der Waals surface area contributed by atoms with E-state index in [0.717, 1.165) is 0 Å². The van der Waals surface area contributed by atoms with Crippen molar-refractivity contribution in [2.75, 3.05) is 0 Å². The second kappa shape index (κ2) is 5.77. The van der Waals surface area contributed by atoms with Crippen molar-refractivity contribution in [1.82, 2.24) is 4.98 Å². The van der Waals surface area contributed by atoms with Crippen molar-refractivity contribution in [3.8, 4) is 0 Å². The highest BCUT2D eigenvalue weighted by Gasteiger charge is 2.18. The van der Waals surface area contributed by atoms with E-state index < -0.39 is 21.1 Å². The third-order valence-corrected chi connectivity index (χ3v) is 5.17. The first-order chi connectivity index (χ1) is 9.29. The average molecular weight is 353 g/mol. The molecule has 0 amide bonds. The molecule has 20 heavy (non-hydrogen) atoms. The van der Waals surface area contributed by atoms with Gasteiger partial charge >= 0.3 is 0 Å². The Morgan fingerprint density at radius 1 is 1.00 bits per heavy atom. The number of hydrogen-bond acceptors (Lipinski definition) is 3. The maximum atomic E-state index is 12.2. The van der Waals surface area contributed by atoms with E-state index in [0.29, 0.717) is 0 Å². The number of aromatic amines is 1. The number of sulfone groups is 1. The van der Waals surface area contributed by atoms with Gasteiger partial charge in [-0.15, -0.1) is 0 Å². The summed E-state index contributed by atoms with van der Waals surface area (Å²) in [7, 11) is -3.69. The molecule has 0 saturated heterocycles. The van der Waals surface area contributed by atoms with Crippen LogP contribution in [0.15, 0.2) is 40.0 Å². The van der Waals surface area contributed by atoms with E-state index in [4.69, 9.17) is 34.8 Å². The van der Waals surface area contributed by atoms with Gasteiger partial charge in [-0.25, -0.2) is 8.42 Å². The molecule has 0 aliphatic rings. The summed E-state index contributed by atoms with van der Waals surface area (Å²) in [6.07, 6.45) is 0. The predicted octanol–water partition coefficient (Wildman–Crippen LogP) is 3.31. The van der Waals surface area contributed by atoms with E-state index in [1.54, 1.807) is 0 Å². The largest absolute Gasteiger partial charge is 0.313 e. The zero-order chi connectivity index (χ0) is 14.9. The molecule has 1 aromatic carbocycles. The van der Waals surface area contributed by atoms with Crippen molar-refractivity contribution < 1.29 is 8.42 Å². The van der Waals surface area contributed by atoms with E-state index in [1.165, 1.54) is 30.3 Å². The molecule has 8 heteroatoms. The van der Waals surface area contributed by atoms with Crippen molar-refractivity contribution in [3.05, 3.63) is 61.4 Å². The highest BCUT2D eigenvalue weighted by molar-refractivity contribution is 7.90. The molecule has 0 unspecified atom stereocenters. The van der Waals surface area contributed by atoms with E-state index >= 15 is 0 Å². The quantitative estimate of drug-likeness (QED) is 0.862. The Balaban J connectivity index is 2.40. The lowest BCUT2D eigenvalue weighted by atomic mass is 10.3. The minimum Gasteiger partial charge on any atom is -0.313 e. The molecule has 0 fully saturated rings. The predicted molar refractivity (Wildman–Crippen MR) is 79.4 cm³/mol. The van der Waals surface area contributed by atoms with Gasteiger partial charge in [-0.2, -0.15) is 0 Å². The Morgan fingerprint density at radius 3 is 2.30 bits per heavy atom. The Kier molecular flexibility index (Phi) is 4.44. The van der Waals surface area contributed by atoms with Crippen LogP contribution in [-0.4, -0.2) is 13.4 Å². The summed E-state index contributed by atoms with van der Waals surface area (Å²) in [5.41, 5.74) is -0.443. The fourth-order valence-corrected chi connectivity index (χ4v) is 3.44. The van der Waals surface area contributed by atoms with Gasteiger partial charge in [-0.1, -0.05) is 34.8 Å². The summed E-state index contributed by atoms with van der Waals surface area (Å²) in [5, 5.41) is 0.540. The number of H-pyrrole nitrogens is 1. The van der Waals surface area contributed by atoms with E-state index in [1.807, 2.05) is 0 Å². The number of benzene rings is 1. The summed E-state index contributed by atoms with van der Waals surface area (Å²) >= 11 is 17.1. The molecule has 1 aromatic heterocycles. The van der Waals surface area contributed by atoms with Gasteiger partial charge in [0, 0.05) is 5.56 Å². The third-order valence-electron chi connectivity index (χ3n) is 2.55. The molecular formula is C12H8Cl3NO3S. The molecular weight excluding hydrogens is 345 g/mol. The molecule has 2 aromatic rings. The van der Waals surface area contributed by atoms with Crippen LogP contribution in [0.5, 0.6) is 0 Å². The molecule has 0 aliphatic carbocycles. The van der Waals surface area contributed by atoms with Crippen LogP contribution in [0.4, 0.5) is 0 Å². The maximum Gasteiger partial charge on any atom is 0.253 e. The SMILES string of the molecule is O=c1[nH]c(Cl)ccc1CS(=O)(=O)c1ccc(Cl)c(Cl)c1. The van der Waals surface area contributed by atoms with Gasteiger partial charge in [-0.05, 0) is 30.3 Å². The molecule has 106 valence electrons. The molecule has 0 spiro atoms. The van der Waals surface area contributed by atoms with Gasteiger partial charge in [0.15, 0.2) is 9.84 Å². The molecule has 4 nitrogen and oxygen atoms in total. The topological polar surface area (TPSA) is 67.0 Å². The lowest BCUT2D eigenvalue weighted by molar-refractivity contribution is 0.595. The Labute approximate surface area is 130 Å². The van der Waals surface area contributed by atoms with Gasteiger partial charge in [0.1, 0.15) is 5.15 Å². The molecule has 1 N–H and O–H groups in total. The number of pyridine rings is 1. The van der Waals surface area contributed by atoms with Crippen LogP contribution in [0.3, 0.4) is 0 Å². The van der Waals surface area contributed by atoms with E-state index in [-0.39, 0.29) is 25.7 Å². The standard InChI is InChI=1S/C12H8Cl3NO3S/c13-9-3-2-8(5-10(9)14)20(18,19)6-7-1-4-11(15)16-12(7)17/h1-5H,6H2,(H,16,17). The van der Waals surface area contributed by atoms with Gasteiger partial charge in [-0.3, -0.25) is 4.79 Å². The Morgan fingerprint density at radius 2 is 1.70 bits per heavy atom. The molecule has 0 atom stereocenters. The number of aromatic nitrogens is 1. The third kappa shape index (κ3) is 3.35. The van der Waals surface area contributed by atoms with E-state index in [2.05, 4.69) is 4.98 Å². The van der Waals surface area contributed by atoms with Crippen LogP contribution in [-0.2, 0) is 15.6 Å². The molecule has 0 aliphatic heterocycles. The number of halogens is 3. The van der Waals surface area contributed by atoms with Crippen LogP contribution < -0.4 is 5.56 Å². The van der Waals surface area contributed by atoms with E-state index in [9.17, 15) is 13.2 Å². The van der Waals surface area contributed by atoms with Crippen LogP contribution in [0.25, 0.3) is 0 Å². The van der Waals surface area contributed by atoms with Crippen LogP contribution in [0.2, 0.25) is 15.2 Å². The summed E-state index contributed by atoms with van der Waals surface area (Å²) in [4.78, 5) is 14.0. The van der Waals surface area contributed by atoms with Crippen molar-refractivity contribution in [3.63, 3.8) is 0 Å². The highest BCUT2D eigenvalue weighted by Crippen LogP contribution is 2.26. The van der Waals surface area contributed by atoms with Crippen LogP contribution in [0, 0.1) is 0 Å². The molecule has 0 bridgehead atoms. The highest BCUT2D eigenvalue weighted by atomic mass is 35.5. The van der Waals surface area contributed by atoms with Crippen molar-refractivity contribution in [2.24, 2.45) is 0 Å². The number of hydrogen-bond donors (Lipinski definition) is 1. The molecule has 2 rings (SSSR count). The fourth-order valence-electron chi connectivity index (χ4n) is 1.55. The molecule has 0 radical (unpaired) electrons. The fraction of sp³-hybridized carbons (Fsp3) is 0.0833. The minimum absolute atomic E-state index is 0.00116. The Bertz CT molecular complexity index is 815. The first-order valence-corrected chi connectivity index (χ1v) is 8.14. The first kappa shape index (κ1) is 15.4. The van der Waals surface area contributed by atoms with Crippen molar-refractivity contribution >= 4 is 44.6 Å². The number of rotatable bonds is 3. The second-order valence-electron chi connectivity index (χ2n) is 4.00. The minimum atomic E-state index is -3.69. The molecule has 1 heterocycles. The number of nitrogens with one attached hydrogen (secondary N) is 1. The van der Waals surface area contributed by atoms with Gasteiger partial charge in [0.05, 0.1) is 20.7 Å². The van der Waals surface area contributed by atoms with Gasteiger partial charge in [0.2, 0.25) is 0 Å².